The Morgan fingerprint density at radius 3 is 2.67 bits per heavy atom. The monoisotopic (exact) mass is 283 g/mol. The smallest absolute Gasteiger partial charge is 0.262 e. The van der Waals surface area contributed by atoms with Crippen molar-refractivity contribution in [1.29, 1.82) is 0 Å². The maximum absolute atomic E-state index is 12.8. The van der Waals surface area contributed by atoms with Crippen LogP contribution in [0.1, 0.15) is 15.9 Å². The third kappa shape index (κ3) is 2.33. The van der Waals surface area contributed by atoms with Crippen LogP contribution in [0.5, 0.6) is 11.5 Å². The van der Waals surface area contributed by atoms with Crippen LogP contribution in [0.25, 0.3) is 0 Å². The molecular formula is C17H17NO3. The van der Waals surface area contributed by atoms with E-state index in [1.807, 2.05) is 18.2 Å². The number of rotatable bonds is 3. The predicted octanol–water partition coefficient (Wildman–Crippen LogP) is 2.91. The van der Waals surface area contributed by atoms with Crippen molar-refractivity contribution in [3.05, 3.63) is 53.6 Å². The summed E-state index contributed by atoms with van der Waals surface area (Å²) in [6.07, 6.45) is 0.889. The average Bonchev–Trinajstić information content (AvgIpc) is 2.97. The van der Waals surface area contributed by atoms with Gasteiger partial charge in [-0.15, -0.1) is 0 Å². The van der Waals surface area contributed by atoms with E-state index in [1.165, 1.54) is 5.56 Å². The molecule has 4 nitrogen and oxygen atoms in total. The van der Waals surface area contributed by atoms with Gasteiger partial charge in [0.25, 0.3) is 5.91 Å². The van der Waals surface area contributed by atoms with Crippen LogP contribution in [0.3, 0.4) is 0 Å². The first-order chi connectivity index (χ1) is 10.2. The number of nitrogens with zero attached hydrogens (tertiary/aromatic N) is 1. The van der Waals surface area contributed by atoms with Crippen molar-refractivity contribution in [2.75, 3.05) is 25.7 Å². The van der Waals surface area contributed by atoms with Gasteiger partial charge in [-0.1, -0.05) is 18.2 Å². The summed E-state index contributed by atoms with van der Waals surface area (Å²) >= 11 is 0. The molecule has 1 aliphatic heterocycles. The summed E-state index contributed by atoms with van der Waals surface area (Å²) in [6.45, 7) is 0.702. The van der Waals surface area contributed by atoms with E-state index >= 15 is 0 Å². The first-order valence-electron chi connectivity index (χ1n) is 6.86. The highest BCUT2D eigenvalue weighted by atomic mass is 16.5. The first kappa shape index (κ1) is 13.5. The van der Waals surface area contributed by atoms with Crippen LogP contribution in [-0.2, 0) is 6.42 Å². The Morgan fingerprint density at radius 2 is 1.90 bits per heavy atom. The third-order valence-corrected chi connectivity index (χ3v) is 3.77. The lowest BCUT2D eigenvalue weighted by Crippen LogP contribution is -2.29. The summed E-state index contributed by atoms with van der Waals surface area (Å²) in [6, 6.07) is 13.3. The fourth-order valence-electron chi connectivity index (χ4n) is 2.67. The molecule has 108 valence electrons. The quantitative estimate of drug-likeness (QED) is 0.869. The number of hydrogen-bond donors (Lipinski definition) is 0. The number of methoxy groups -OCH3 is 2. The minimum Gasteiger partial charge on any atom is -0.497 e. The number of carbonyl (C=O) groups is 1. The van der Waals surface area contributed by atoms with Gasteiger partial charge in [-0.25, -0.2) is 0 Å². The standard InChI is InChI=1S/C17H17NO3/c1-20-13-7-8-14(16(11-13)21-2)17(19)18-10-9-12-5-3-4-6-15(12)18/h3-8,11H,9-10H2,1-2H3. The summed E-state index contributed by atoms with van der Waals surface area (Å²) < 4.78 is 10.5. The maximum Gasteiger partial charge on any atom is 0.262 e. The highest BCUT2D eigenvalue weighted by Gasteiger charge is 2.27. The van der Waals surface area contributed by atoms with Crippen molar-refractivity contribution >= 4 is 11.6 Å². The van der Waals surface area contributed by atoms with Gasteiger partial charge in [-0.05, 0) is 30.2 Å². The molecule has 0 radical (unpaired) electrons. The van der Waals surface area contributed by atoms with Gasteiger partial charge < -0.3 is 14.4 Å². The summed E-state index contributed by atoms with van der Waals surface area (Å²) in [5, 5.41) is 0. The second-order valence-electron chi connectivity index (χ2n) is 4.90. The van der Waals surface area contributed by atoms with E-state index in [-0.39, 0.29) is 5.91 Å². The van der Waals surface area contributed by atoms with Crippen LogP contribution < -0.4 is 14.4 Å². The van der Waals surface area contributed by atoms with Crippen LogP contribution in [0.15, 0.2) is 42.5 Å². The lowest BCUT2D eigenvalue weighted by molar-refractivity contribution is 0.0986. The molecule has 0 saturated heterocycles. The molecule has 1 heterocycles. The van der Waals surface area contributed by atoms with Gasteiger partial charge in [0.2, 0.25) is 0 Å². The van der Waals surface area contributed by atoms with Crippen molar-refractivity contribution in [3.63, 3.8) is 0 Å². The van der Waals surface area contributed by atoms with E-state index in [2.05, 4.69) is 6.07 Å². The number of ether oxygens (including phenoxy) is 2. The van der Waals surface area contributed by atoms with E-state index in [4.69, 9.17) is 9.47 Å². The molecule has 3 rings (SSSR count). The Labute approximate surface area is 123 Å². The lowest BCUT2D eigenvalue weighted by Gasteiger charge is -2.19. The van der Waals surface area contributed by atoms with Gasteiger partial charge in [0.1, 0.15) is 11.5 Å². The van der Waals surface area contributed by atoms with Gasteiger partial charge in [0.15, 0.2) is 0 Å². The van der Waals surface area contributed by atoms with Crippen LogP contribution in [0, 0.1) is 0 Å². The molecule has 0 unspecified atom stereocenters. The van der Waals surface area contributed by atoms with E-state index in [0.717, 1.165) is 12.1 Å². The van der Waals surface area contributed by atoms with E-state index in [9.17, 15) is 4.79 Å². The number of amides is 1. The molecule has 0 aliphatic carbocycles. The van der Waals surface area contributed by atoms with E-state index < -0.39 is 0 Å². The molecular weight excluding hydrogens is 266 g/mol. The minimum absolute atomic E-state index is 0.0422. The zero-order valence-electron chi connectivity index (χ0n) is 12.1. The molecule has 2 aromatic rings. The van der Waals surface area contributed by atoms with Crippen LogP contribution in [-0.4, -0.2) is 26.7 Å². The second kappa shape index (κ2) is 5.48. The largest absolute Gasteiger partial charge is 0.497 e. The minimum atomic E-state index is -0.0422. The summed E-state index contributed by atoms with van der Waals surface area (Å²) in [5.41, 5.74) is 2.74. The predicted molar refractivity (Wildman–Crippen MR) is 81.4 cm³/mol. The molecule has 0 N–H and O–H groups in total. The fraction of sp³-hybridized carbons (Fsp3) is 0.235. The number of fused-ring (bicyclic) bond motifs is 1. The van der Waals surface area contributed by atoms with Crippen molar-refractivity contribution < 1.29 is 14.3 Å². The number of anilines is 1. The summed E-state index contributed by atoms with van der Waals surface area (Å²) in [5.74, 6) is 1.16. The zero-order valence-corrected chi connectivity index (χ0v) is 12.1. The molecule has 1 aliphatic rings. The molecule has 0 aromatic heterocycles. The first-order valence-corrected chi connectivity index (χ1v) is 6.86. The molecule has 0 atom stereocenters. The Hall–Kier alpha value is -2.49. The molecule has 21 heavy (non-hydrogen) atoms. The third-order valence-electron chi connectivity index (χ3n) is 3.77. The second-order valence-corrected chi connectivity index (χ2v) is 4.90. The fourth-order valence-corrected chi connectivity index (χ4v) is 2.67. The lowest BCUT2D eigenvalue weighted by atomic mass is 10.1. The Balaban J connectivity index is 1.97. The maximum atomic E-state index is 12.8. The SMILES string of the molecule is COc1ccc(C(=O)N2CCc3ccccc32)c(OC)c1. The highest BCUT2D eigenvalue weighted by molar-refractivity contribution is 6.09. The van der Waals surface area contributed by atoms with Gasteiger partial charge in [0.05, 0.1) is 19.8 Å². The van der Waals surface area contributed by atoms with Crippen LogP contribution >= 0.6 is 0 Å². The molecule has 0 fully saturated rings. The Morgan fingerprint density at radius 1 is 1.10 bits per heavy atom. The normalized spacial score (nSPS) is 13.0. The molecule has 1 amide bonds. The molecule has 0 saturated carbocycles. The highest BCUT2D eigenvalue weighted by Crippen LogP contribution is 2.32. The van der Waals surface area contributed by atoms with Gasteiger partial charge in [-0.3, -0.25) is 4.79 Å². The van der Waals surface area contributed by atoms with Crippen LogP contribution in [0.4, 0.5) is 5.69 Å². The number of para-hydroxylation sites is 1. The average molecular weight is 283 g/mol. The van der Waals surface area contributed by atoms with E-state index in [0.29, 0.717) is 23.6 Å². The van der Waals surface area contributed by atoms with Crippen LogP contribution in [0.2, 0.25) is 0 Å². The molecule has 0 bridgehead atoms. The van der Waals surface area contributed by atoms with Gasteiger partial charge >= 0.3 is 0 Å². The van der Waals surface area contributed by atoms with Crippen molar-refractivity contribution in [3.8, 4) is 11.5 Å². The zero-order chi connectivity index (χ0) is 14.8. The topological polar surface area (TPSA) is 38.8 Å². The summed E-state index contributed by atoms with van der Waals surface area (Å²) in [4.78, 5) is 14.6. The van der Waals surface area contributed by atoms with Crippen molar-refractivity contribution in [1.82, 2.24) is 0 Å². The van der Waals surface area contributed by atoms with Crippen molar-refractivity contribution in [2.24, 2.45) is 0 Å². The van der Waals surface area contributed by atoms with Gasteiger partial charge in [-0.2, -0.15) is 0 Å². The Kier molecular flexibility index (Phi) is 3.52. The van der Waals surface area contributed by atoms with E-state index in [1.54, 1.807) is 37.3 Å². The molecule has 4 heteroatoms. The summed E-state index contributed by atoms with van der Waals surface area (Å²) in [7, 11) is 3.15. The number of hydrogen-bond acceptors (Lipinski definition) is 3. The number of carbonyl (C=O) groups excluding carboxylic acids is 1. The van der Waals surface area contributed by atoms with Crippen molar-refractivity contribution in [2.45, 2.75) is 6.42 Å². The van der Waals surface area contributed by atoms with Gasteiger partial charge in [0, 0.05) is 18.3 Å². The Bertz CT molecular complexity index is 681. The molecule has 0 spiro atoms. The number of benzene rings is 2. The molecule has 2 aromatic carbocycles.